The van der Waals surface area contributed by atoms with Gasteiger partial charge in [0.05, 0.1) is 15.1 Å². The Morgan fingerprint density at radius 3 is 1.76 bits per heavy atom. The van der Waals surface area contributed by atoms with Gasteiger partial charge in [0, 0.05) is 0 Å². The summed E-state index contributed by atoms with van der Waals surface area (Å²) in [6.45, 7) is 0. The summed E-state index contributed by atoms with van der Waals surface area (Å²) < 4.78 is 0.176. The summed E-state index contributed by atoms with van der Waals surface area (Å²) in [6.07, 6.45) is 0. The maximum Gasteiger partial charge on any atom is 0.0946 e. The van der Waals surface area contributed by atoms with E-state index >= 15 is 0 Å². The van der Waals surface area contributed by atoms with E-state index in [1.54, 1.807) is 0 Å². The van der Waals surface area contributed by atoms with E-state index in [0.717, 1.165) is 16.9 Å². The Hall–Kier alpha value is -1.00. The predicted molar refractivity (Wildman–Crippen MR) is 77.7 cm³/mol. The largest absolute Gasteiger partial charge is 0.151 e. The zero-order valence-corrected chi connectivity index (χ0v) is 12.1. The predicted octanol–water partition coefficient (Wildman–Crippen LogP) is 5.89. The van der Waals surface area contributed by atoms with Gasteiger partial charge in [0.25, 0.3) is 0 Å². The minimum absolute atomic E-state index is 0.176. The SMILES string of the molecule is BrC(Br)c1ccc(N=Nc2ccccc2)cc1. The van der Waals surface area contributed by atoms with Crippen LogP contribution in [0.4, 0.5) is 11.4 Å². The van der Waals surface area contributed by atoms with Crippen LogP contribution in [0.3, 0.4) is 0 Å². The molecular weight excluding hydrogens is 344 g/mol. The van der Waals surface area contributed by atoms with Crippen molar-refractivity contribution < 1.29 is 0 Å². The smallest absolute Gasteiger partial charge is 0.0946 e. The molecule has 2 nitrogen and oxygen atoms in total. The van der Waals surface area contributed by atoms with E-state index in [9.17, 15) is 0 Å². The standard InChI is InChI=1S/C13H10Br2N2/c14-13(15)10-6-8-12(9-7-10)17-16-11-4-2-1-3-5-11/h1-9,13H. The van der Waals surface area contributed by atoms with E-state index in [1.807, 2.05) is 54.6 Å². The number of hydrogen-bond donors (Lipinski definition) is 0. The molecule has 0 saturated carbocycles. The fourth-order valence-electron chi connectivity index (χ4n) is 1.30. The molecule has 0 aliphatic rings. The summed E-state index contributed by atoms with van der Waals surface area (Å²) >= 11 is 6.89. The molecule has 0 spiro atoms. The molecule has 2 rings (SSSR count). The summed E-state index contributed by atoms with van der Waals surface area (Å²) in [5.74, 6) is 0. The molecule has 2 aromatic carbocycles. The molecule has 0 fully saturated rings. The zero-order valence-electron chi connectivity index (χ0n) is 8.92. The first-order valence-corrected chi connectivity index (χ1v) is 6.94. The molecule has 0 aliphatic carbocycles. The lowest BCUT2D eigenvalue weighted by atomic mass is 10.2. The minimum Gasteiger partial charge on any atom is -0.151 e. The van der Waals surface area contributed by atoms with Gasteiger partial charge in [-0.25, -0.2) is 0 Å². The van der Waals surface area contributed by atoms with Crippen LogP contribution in [-0.4, -0.2) is 0 Å². The second-order valence-corrected chi connectivity index (χ2v) is 6.49. The van der Waals surface area contributed by atoms with E-state index < -0.39 is 0 Å². The third-order valence-electron chi connectivity index (χ3n) is 2.18. The van der Waals surface area contributed by atoms with Crippen molar-refractivity contribution in [3.05, 3.63) is 60.2 Å². The van der Waals surface area contributed by atoms with Crippen LogP contribution in [0.15, 0.2) is 64.8 Å². The molecule has 2 aromatic rings. The lowest BCUT2D eigenvalue weighted by Gasteiger charge is -2.00. The molecule has 0 bridgehead atoms. The third-order valence-corrected chi connectivity index (χ3v) is 3.24. The summed E-state index contributed by atoms with van der Waals surface area (Å²) in [6, 6.07) is 17.6. The molecule has 0 saturated heterocycles. The first-order valence-electron chi connectivity index (χ1n) is 5.10. The van der Waals surface area contributed by atoms with Crippen LogP contribution in [0, 0.1) is 0 Å². The molecule has 0 heterocycles. The average Bonchev–Trinajstić information content (AvgIpc) is 2.38. The van der Waals surface area contributed by atoms with E-state index in [-0.39, 0.29) is 3.74 Å². The topological polar surface area (TPSA) is 24.7 Å². The highest BCUT2D eigenvalue weighted by atomic mass is 79.9. The maximum absolute atomic E-state index is 4.17. The van der Waals surface area contributed by atoms with Crippen LogP contribution in [0.1, 0.15) is 9.30 Å². The number of hydrogen-bond acceptors (Lipinski definition) is 2. The molecule has 0 N–H and O–H groups in total. The van der Waals surface area contributed by atoms with Gasteiger partial charge < -0.3 is 0 Å². The maximum atomic E-state index is 4.17. The Morgan fingerprint density at radius 2 is 1.24 bits per heavy atom. The van der Waals surface area contributed by atoms with E-state index in [2.05, 4.69) is 42.1 Å². The Balaban J connectivity index is 2.12. The van der Waals surface area contributed by atoms with Crippen LogP contribution >= 0.6 is 31.9 Å². The molecule has 0 amide bonds. The molecule has 0 aliphatic heterocycles. The van der Waals surface area contributed by atoms with Gasteiger partial charge in [0.2, 0.25) is 0 Å². The highest BCUT2D eigenvalue weighted by molar-refractivity contribution is 9.24. The molecule has 0 atom stereocenters. The summed E-state index contributed by atoms with van der Waals surface area (Å²) in [4.78, 5) is 0. The molecule has 0 aromatic heterocycles. The van der Waals surface area contributed by atoms with Crippen LogP contribution in [0.25, 0.3) is 0 Å². The average molecular weight is 354 g/mol. The highest BCUT2D eigenvalue weighted by Gasteiger charge is 2.00. The molecule has 86 valence electrons. The number of halogens is 2. The number of nitrogens with zero attached hydrogens (tertiary/aromatic N) is 2. The monoisotopic (exact) mass is 352 g/mol. The molecule has 17 heavy (non-hydrogen) atoms. The van der Waals surface area contributed by atoms with Crippen LogP contribution in [-0.2, 0) is 0 Å². The van der Waals surface area contributed by atoms with Gasteiger partial charge in [-0.15, -0.1) is 0 Å². The normalized spacial score (nSPS) is 11.2. The highest BCUT2D eigenvalue weighted by Crippen LogP contribution is 2.30. The quantitative estimate of drug-likeness (QED) is 0.485. The van der Waals surface area contributed by atoms with Crippen LogP contribution in [0.2, 0.25) is 0 Å². The van der Waals surface area contributed by atoms with E-state index in [1.165, 1.54) is 0 Å². The van der Waals surface area contributed by atoms with Crippen molar-refractivity contribution in [2.45, 2.75) is 3.74 Å². The van der Waals surface area contributed by atoms with Crippen molar-refractivity contribution in [2.24, 2.45) is 10.2 Å². The molecule has 0 unspecified atom stereocenters. The third kappa shape index (κ3) is 3.75. The van der Waals surface area contributed by atoms with Crippen molar-refractivity contribution in [3.8, 4) is 0 Å². The fraction of sp³-hybridized carbons (Fsp3) is 0.0769. The lowest BCUT2D eigenvalue weighted by Crippen LogP contribution is -1.77. The first kappa shape index (κ1) is 12.5. The van der Waals surface area contributed by atoms with Gasteiger partial charge >= 0.3 is 0 Å². The Labute approximate surface area is 117 Å². The van der Waals surface area contributed by atoms with Gasteiger partial charge in [0.1, 0.15) is 0 Å². The minimum atomic E-state index is 0.176. The molecule has 4 heteroatoms. The zero-order chi connectivity index (χ0) is 12.1. The fourth-order valence-corrected chi connectivity index (χ4v) is 1.91. The van der Waals surface area contributed by atoms with Crippen molar-refractivity contribution >= 4 is 43.2 Å². The molecule has 0 radical (unpaired) electrons. The van der Waals surface area contributed by atoms with Gasteiger partial charge in [-0.05, 0) is 29.8 Å². The Kier molecular flexibility index (Phi) is 4.45. The Bertz CT molecular complexity index is 493. The lowest BCUT2D eigenvalue weighted by molar-refractivity contribution is 1.23. The molecular formula is C13H10Br2N2. The van der Waals surface area contributed by atoms with Crippen molar-refractivity contribution in [1.29, 1.82) is 0 Å². The van der Waals surface area contributed by atoms with Crippen molar-refractivity contribution in [3.63, 3.8) is 0 Å². The second-order valence-electron chi connectivity index (χ2n) is 3.43. The van der Waals surface area contributed by atoms with Crippen molar-refractivity contribution in [1.82, 2.24) is 0 Å². The summed E-state index contributed by atoms with van der Waals surface area (Å²) in [5, 5.41) is 8.32. The van der Waals surface area contributed by atoms with Crippen LogP contribution < -0.4 is 0 Å². The van der Waals surface area contributed by atoms with Gasteiger partial charge in [-0.2, -0.15) is 10.2 Å². The van der Waals surface area contributed by atoms with Crippen molar-refractivity contribution in [2.75, 3.05) is 0 Å². The Morgan fingerprint density at radius 1 is 0.706 bits per heavy atom. The number of alkyl halides is 2. The number of benzene rings is 2. The van der Waals surface area contributed by atoms with Gasteiger partial charge in [0.15, 0.2) is 0 Å². The number of azo groups is 1. The van der Waals surface area contributed by atoms with E-state index in [4.69, 9.17) is 0 Å². The van der Waals surface area contributed by atoms with Gasteiger partial charge in [-0.3, -0.25) is 0 Å². The van der Waals surface area contributed by atoms with E-state index in [0.29, 0.717) is 0 Å². The van der Waals surface area contributed by atoms with Gasteiger partial charge in [-0.1, -0.05) is 62.2 Å². The summed E-state index contributed by atoms with van der Waals surface area (Å²) in [7, 11) is 0. The number of rotatable bonds is 3. The second kappa shape index (κ2) is 6.07. The first-order chi connectivity index (χ1) is 8.25. The van der Waals surface area contributed by atoms with Crippen LogP contribution in [0.5, 0.6) is 0 Å². The summed E-state index contributed by atoms with van der Waals surface area (Å²) in [5.41, 5.74) is 2.86.